The molecule has 0 aromatic heterocycles. The van der Waals surface area contributed by atoms with Gasteiger partial charge in [0.2, 0.25) is 0 Å². The highest BCUT2D eigenvalue weighted by Crippen LogP contribution is 2.27. The predicted octanol–water partition coefficient (Wildman–Crippen LogP) is 1.98. The molecule has 1 aliphatic heterocycles. The minimum Gasteiger partial charge on any atom is -0.379 e. The molecular formula is C15H22ClN3O2. The predicted molar refractivity (Wildman–Crippen MR) is 83.7 cm³/mol. The SMILES string of the molecule is CN(C)C(=O)NCC(c1ccccc1Cl)N1CCOCC1. The smallest absolute Gasteiger partial charge is 0.316 e. The maximum absolute atomic E-state index is 11.8. The molecule has 1 aromatic carbocycles. The molecule has 1 saturated heterocycles. The van der Waals surface area contributed by atoms with Crippen molar-refractivity contribution in [2.45, 2.75) is 6.04 Å². The molecule has 116 valence electrons. The largest absolute Gasteiger partial charge is 0.379 e. The summed E-state index contributed by atoms with van der Waals surface area (Å²) in [5, 5.41) is 3.68. The molecule has 0 radical (unpaired) electrons. The maximum atomic E-state index is 11.8. The summed E-state index contributed by atoms with van der Waals surface area (Å²) in [6.07, 6.45) is 0. The lowest BCUT2D eigenvalue weighted by Crippen LogP contribution is -2.45. The van der Waals surface area contributed by atoms with E-state index in [0.29, 0.717) is 19.8 Å². The summed E-state index contributed by atoms with van der Waals surface area (Å²) >= 11 is 6.34. The van der Waals surface area contributed by atoms with Crippen LogP contribution in [0.2, 0.25) is 5.02 Å². The van der Waals surface area contributed by atoms with Gasteiger partial charge in [0.05, 0.1) is 19.3 Å². The van der Waals surface area contributed by atoms with Crippen molar-refractivity contribution in [1.82, 2.24) is 15.1 Å². The molecule has 0 spiro atoms. The van der Waals surface area contributed by atoms with Crippen LogP contribution in [-0.2, 0) is 4.74 Å². The summed E-state index contributed by atoms with van der Waals surface area (Å²) in [6.45, 7) is 3.63. The van der Waals surface area contributed by atoms with Crippen LogP contribution in [0, 0.1) is 0 Å². The zero-order valence-electron chi connectivity index (χ0n) is 12.5. The number of hydrogen-bond acceptors (Lipinski definition) is 3. The van der Waals surface area contributed by atoms with E-state index in [1.807, 2.05) is 24.3 Å². The molecule has 1 fully saturated rings. The van der Waals surface area contributed by atoms with Crippen LogP contribution in [-0.4, -0.2) is 62.8 Å². The molecule has 1 heterocycles. The lowest BCUT2D eigenvalue weighted by Gasteiger charge is -2.35. The fourth-order valence-electron chi connectivity index (χ4n) is 2.41. The monoisotopic (exact) mass is 311 g/mol. The summed E-state index contributed by atoms with van der Waals surface area (Å²) in [6, 6.07) is 7.76. The highest BCUT2D eigenvalue weighted by atomic mass is 35.5. The van der Waals surface area contributed by atoms with Crippen molar-refractivity contribution in [3.05, 3.63) is 34.9 Å². The second-order valence-electron chi connectivity index (χ2n) is 5.27. The van der Waals surface area contributed by atoms with Crippen LogP contribution in [0.5, 0.6) is 0 Å². The van der Waals surface area contributed by atoms with Crippen LogP contribution in [0.15, 0.2) is 24.3 Å². The van der Waals surface area contributed by atoms with Crippen LogP contribution in [0.25, 0.3) is 0 Å². The van der Waals surface area contributed by atoms with E-state index < -0.39 is 0 Å². The van der Waals surface area contributed by atoms with E-state index in [4.69, 9.17) is 16.3 Å². The highest BCUT2D eigenvalue weighted by Gasteiger charge is 2.24. The Morgan fingerprint density at radius 3 is 2.67 bits per heavy atom. The van der Waals surface area contributed by atoms with Gasteiger partial charge < -0.3 is 15.0 Å². The molecule has 2 rings (SSSR count). The third-order valence-corrected chi connectivity index (χ3v) is 3.95. The Morgan fingerprint density at radius 2 is 2.05 bits per heavy atom. The lowest BCUT2D eigenvalue weighted by atomic mass is 10.0. The molecule has 6 heteroatoms. The Hall–Kier alpha value is -1.30. The molecule has 5 nitrogen and oxygen atoms in total. The van der Waals surface area contributed by atoms with Gasteiger partial charge >= 0.3 is 6.03 Å². The fraction of sp³-hybridized carbons (Fsp3) is 0.533. The zero-order chi connectivity index (χ0) is 15.2. The van der Waals surface area contributed by atoms with E-state index in [2.05, 4.69) is 10.2 Å². The second-order valence-corrected chi connectivity index (χ2v) is 5.67. The molecular weight excluding hydrogens is 290 g/mol. The third kappa shape index (κ3) is 4.33. The highest BCUT2D eigenvalue weighted by molar-refractivity contribution is 6.31. The number of carbonyl (C=O) groups is 1. The van der Waals surface area contributed by atoms with Gasteiger partial charge in [0, 0.05) is 38.8 Å². The van der Waals surface area contributed by atoms with E-state index in [1.54, 1.807) is 14.1 Å². The molecule has 0 bridgehead atoms. The molecule has 1 atom stereocenters. The molecule has 1 aliphatic rings. The van der Waals surface area contributed by atoms with Crippen molar-refractivity contribution in [3.63, 3.8) is 0 Å². The second kappa shape index (κ2) is 7.64. The van der Waals surface area contributed by atoms with Gasteiger partial charge in [-0.05, 0) is 11.6 Å². The number of nitrogens with zero attached hydrogens (tertiary/aromatic N) is 2. The summed E-state index contributed by atoms with van der Waals surface area (Å²) in [5.74, 6) is 0. The number of ether oxygens (including phenoxy) is 1. The first-order chi connectivity index (χ1) is 10.1. The first-order valence-electron chi connectivity index (χ1n) is 7.11. The van der Waals surface area contributed by atoms with Gasteiger partial charge in [-0.15, -0.1) is 0 Å². The lowest BCUT2D eigenvalue weighted by molar-refractivity contribution is 0.0165. The van der Waals surface area contributed by atoms with Crippen LogP contribution >= 0.6 is 11.6 Å². The van der Waals surface area contributed by atoms with Crippen molar-refractivity contribution in [2.24, 2.45) is 0 Å². The third-order valence-electron chi connectivity index (χ3n) is 3.60. The van der Waals surface area contributed by atoms with E-state index in [-0.39, 0.29) is 12.1 Å². The Morgan fingerprint density at radius 1 is 1.38 bits per heavy atom. The van der Waals surface area contributed by atoms with Gasteiger partial charge in [0.15, 0.2) is 0 Å². The summed E-state index contributed by atoms with van der Waals surface area (Å²) in [7, 11) is 3.46. The molecule has 1 aromatic rings. The van der Waals surface area contributed by atoms with Gasteiger partial charge in [0.25, 0.3) is 0 Å². The van der Waals surface area contributed by atoms with Gasteiger partial charge in [0.1, 0.15) is 0 Å². The average molecular weight is 312 g/mol. The van der Waals surface area contributed by atoms with Crippen molar-refractivity contribution >= 4 is 17.6 Å². The number of carbonyl (C=O) groups excluding carboxylic acids is 1. The Balaban J connectivity index is 2.14. The maximum Gasteiger partial charge on any atom is 0.316 e. The summed E-state index contributed by atoms with van der Waals surface area (Å²) < 4.78 is 5.41. The number of nitrogens with one attached hydrogen (secondary N) is 1. The van der Waals surface area contributed by atoms with E-state index >= 15 is 0 Å². The molecule has 0 aliphatic carbocycles. The van der Waals surface area contributed by atoms with Gasteiger partial charge in [-0.2, -0.15) is 0 Å². The molecule has 1 unspecified atom stereocenters. The fourth-order valence-corrected chi connectivity index (χ4v) is 2.67. The summed E-state index contributed by atoms with van der Waals surface area (Å²) in [4.78, 5) is 15.6. The number of rotatable bonds is 4. The first-order valence-corrected chi connectivity index (χ1v) is 7.48. The molecule has 1 N–H and O–H groups in total. The van der Waals surface area contributed by atoms with Crippen molar-refractivity contribution in [1.29, 1.82) is 0 Å². The zero-order valence-corrected chi connectivity index (χ0v) is 13.3. The van der Waals surface area contributed by atoms with E-state index in [9.17, 15) is 4.79 Å². The normalized spacial score (nSPS) is 17.3. The molecule has 0 saturated carbocycles. The van der Waals surface area contributed by atoms with E-state index in [0.717, 1.165) is 23.7 Å². The minimum absolute atomic E-state index is 0.0616. The quantitative estimate of drug-likeness (QED) is 0.925. The molecule has 21 heavy (non-hydrogen) atoms. The van der Waals surface area contributed by atoms with Gasteiger partial charge in [-0.25, -0.2) is 4.79 Å². The van der Waals surface area contributed by atoms with Gasteiger partial charge in [-0.3, -0.25) is 4.90 Å². The minimum atomic E-state index is -0.0969. The number of benzene rings is 1. The molecule has 2 amide bonds. The van der Waals surface area contributed by atoms with Crippen LogP contribution in [0.4, 0.5) is 4.79 Å². The number of hydrogen-bond donors (Lipinski definition) is 1. The Labute approximate surface area is 130 Å². The van der Waals surface area contributed by atoms with Crippen LogP contribution in [0.3, 0.4) is 0 Å². The van der Waals surface area contributed by atoms with Crippen molar-refractivity contribution in [2.75, 3.05) is 46.9 Å². The Kier molecular flexibility index (Phi) is 5.85. The van der Waals surface area contributed by atoms with E-state index in [1.165, 1.54) is 4.90 Å². The Bertz CT molecular complexity index is 476. The number of amides is 2. The first kappa shape index (κ1) is 16.1. The van der Waals surface area contributed by atoms with Crippen LogP contribution < -0.4 is 5.32 Å². The van der Waals surface area contributed by atoms with Gasteiger partial charge in [-0.1, -0.05) is 29.8 Å². The average Bonchev–Trinajstić information content (AvgIpc) is 2.50. The van der Waals surface area contributed by atoms with Crippen molar-refractivity contribution in [3.8, 4) is 0 Å². The topological polar surface area (TPSA) is 44.8 Å². The number of morpholine rings is 1. The van der Waals surface area contributed by atoms with Crippen molar-refractivity contribution < 1.29 is 9.53 Å². The number of halogens is 1. The summed E-state index contributed by atoms with van der Waals surface area (Å²) in [5.41, 5.74) is 1.04. The standard InChI is InChI=1S/C15H22ClN3O2/c1-18(2)15(20)17-11-14(19-7-9-21-10-8-19)12-5-3-4-6-13(12)16/h3-6,14H,7-11H2,1-2H3,(H,17,20). The number of urea groups is 1. The van der Waals surface area contributed by atoms with Crippen LogP contribution in [0.1, 0.15) is 11.6 Å².